The number of hydrogen-bond donors (Lipinski definition) is 0. The van der Waals surface area contributed by atoms with E-state index >= 15 is 0 Å². The summed E-state index contributed by atoms with van der Waals surface area (Å²) in [6.45, 7) is 4.62. The van der Waals surface area contributed by atoms with E-state index in [1.807, 2.05) is 13.8 Å². The Hall–Kier alpha value is -0.805. The number of nitrogens with zero attached hydrogens (tertiary/aromatic N) is 1. The molecule has 0 aromatic heterocycles. The van der Waals surface area contributed by atoms with Gasteiger partial charge in [-0.25, -0.2) is 8.42 Å². The first-order chi connectivity index (χ1) is 7.56. The Bertz CT molecular complexity index is 424. The topological polar surface area (TPSA) is 37.4 Å². The van der Waals surface area contributed by atoms with Gasteiger partial charge in [0.05, 0.1) is 12.7 Å². The highest BCUT2D eigenvalue weighted by molar-refractivity contribution is 7.89. The van der Waals surface area contributed by atoms with Crippen molar-refractivity contribution in [2.45, 2.75) is 25.1 Å². The predicted octanol–water partition coefficient (Wildman–Crippen LogP) is 1.39. The molecule has 0 aliphatic rings. The molecule has 1 aromatic carbocycles. The SMILES string of the molecule is [B]Cc1ccc(S(=O)(=O)N(CC)CC)cc1. The van der Waals surface area contributed by atoms with E-state index in [1.54, 1.807) is 24.3 Å². The lowest BCUT2D eigenvalue weighted by Crippen LogP contribution is -2.30. The van der Waals surface area contributed by atoms with Crippen molar-refractivity contribution in [2.24, 2.45) is 0 Å². The van der Waals surface area contributed by atoms with Crippen LogP contribution in [-0.2, 0) is 16.3 Å². The van der Waals surface area contributed by atoms with Gasteiger partial charge in [-0.3, -0.25) is 0 Å². The maximum Gasteiger partial charge on any atom is 0.243 e. The number of benzene rings is 1. The van der Waals surface area contributed by atoms with Crippen molar-refractivity contribution in [1.82, 2.24) is 4.31 Å². The lowest BCUT2D eigenvalue weighted by Gasteiger charge is -2.18. The average molecular weight is 237 g/mol. The first-order valence-corrected chi connectivity index (χ1v) is 6.79. The van der Waals surface area contributed by atoms with Gasteiger partial charge in [-0.15, -0.1) is 0 Å². The van der Waals surface area contributed by atoms with E-state index in [0.29, 0.717) is 24.3 Å². The van der Waals surface area contributed by atoms with E-state index in [9.17, 15) is 8.42 Å². The van der Waals surface area contributed by atoms with Gasteiger partial charge >= 0.3 is 0 Å². The number of rotatable bonds is 5. The minimum atomic E-state index is -3.33. The zero-order chi connectivity index (χ0) is 12.2. The molecule has 2 radical (unpaired) electrons. The van der Waals surface area contributed by atoms with Crippen molar-refractivity contribution in [3.8, 4) is 0 Å². The second-order valence-corrected chi connectivity index (χ2v) is 5.38. The Labute approximate surface area is 98.9 Å². The standard InChI is InChI=1S/C11H16BNO2S/c1-3-13(4-2)16(14,15)11-7-5-10(9-12)6-8-11/h5-8H,3-4,9H2,1-2H3. The third kappa shape index (κ3) is 2.65. The molecule has 86 valence electrons. The fourth-order valence-electron chi connectivity index (χ4n) is 1.51. The summed E-state index contributed by atoms with van der Waals surface area (Å²) in [7, 11) is 2.13. The van der Waals surface area contributed by atoms with E-state index in [2.05, 4.69) is 0 Å². The van der Waals surface area contributed by atoms with Crippen molar-refractivity contribution in [2.75, 3.05) is 13.1 Å². The highest BCUT2D eigenvalue weighted by Gasteiger charge is 2.20. The quantitative estimate of drug-likeness (QED) is 0.725. The Kier molecular flexibility index (Phi) is 4.56. The molecule has 0 bridgehead atoms. The molecular weight excluding hydrogens is 221 g/mol. The molecule has 0 heterocycles. The molecule has 0 atom stereocenters. The summed E-state index contributed by atoms with van der Waals surface area (Å²) in [5.74, 6) is 0. The van der Waals surface area contributed by atoms with Gasteiger partial charge in [-0.1, -0.05) is 37.9 Å². The third-order valence-corrected chi connectivity index (χ3v) is 4.57. The second-order valence-electron chi connectivity index (χ2n) is 3.44. The molecule has 0 aliphatic carbocycles. The third-order valence-electron chi connectivity index (χ3n) is 2.50. The Morgan fingerprint density at radius 1 is 1.12 bits per heavy atom. The summed E-state index contributed by atoms with van der Waals surface area (Å²) in [5.41, 5.74) is 0.929. The van der Waals surface area contributed by atoms with Crippen LogP contribution in [0, 0.1) is 0 Å². The molecule has 0 spiro atoms. The van der Waals surface area contributed by atoms with E-state index in [-0.39, 0.29) is 0 Å². The van der Waals surface area contributed by atoms with Crippen molar-refractivity contribution in [3.63, 3.8) is 0 Å². The summed E-state index contributed by atoms with van der Waals surface area (Å²) < 4.78 is 25.6. The molecule has 16 heavy (non-hydrogen) atoms. The van der Waals surface area contributed by atoms with Crippen LogP contribution in [0.15, 0.2) is 29.2 Å². The predicted molar refractivity (Wildman–Crippen MR) is 66.0 cm³/mol. The highest BCUT2D eigenvalue weighted by atomic mass is 32.2. The smallest absolute Gasteiger partial charge is 0.207 e. The lowest BCUT2D eigenvalue weighted by atomic mass is 9.97. The first kappa shape index (κ1) is 13.3. The van der Waals surface area contributed by atoms with Crippen molar-refractivity contribution < 1.29 is 8.42 Å². The lowest BCUT2D eigenvalue weighted by molar-refractivity contribution is 0.445. The van der Waals surface area contributed by atoms with Crippen molar-refractivity contribution in [1.29, 1.82) is 0 Å². The molecule has 3 nitrogen and oxygen atoms in total. The fraction of sp³-hybridized carbons (Fsp3) is 0.455. The van der Waals surface area contributed by atoms with Gasteiger partial charge in [0, 0.05) is 13.1 Å². The molecule has 5 heteroatoms. The van der Waals surface area contributed by atoms with Crippen LogP contribution in [0.5, 0.6) is 0 Å². The Morgan fingerprint density at radius 3 is 2.00 bits per heavy atom. The van der Waals surface area contributed by atoms with Crippen LogP contribution < -0.4 is 0 Å². The maximum atomic E-state index is 12.1. The Balaban J connectivity index is 3.07. The number of sulfonamides is 1. The zero-order valence-electron chi connectivity index (χ0n) is 9.68. The summed E-state index contributed by atoms with van der Waals surface area (Å²) in [6, 6.07) is 6.71. The van der Waals surface area contributed by atoms with Crippen LogP contribution in [0.1, 0.15) is 19.4 Å². The van der Waals surface area contributed by atoms with E-state index in [4.69, 9.17) is 7.85 Å². The summed E-state index contributed by atoms with van der Waals surface area (Å²) in [4.78, 5) is 0.327. The highest BCUT2D eigenvalue weighted by Crippen LogP contribution is 2.15. The minimum absolute atomic E-state index is 0.327. The van der Waals surface area contributed by atoms with E-state index in [1.165, 1.54) is 4.31 Å². The van der Waals surface area contributed by atoms with E-state index < -0.39 is 10.0 Å². The minimum Gasteiger partial charge on any atom is -0.207 e. The average Bonchev–Trinajstić information content (AvgIpc) is 2.30. The molecule has 0 amide bonds. The Morgan fingerprint density at radius 2 is 1.62 bits per heavy atom. The van der Waals surface area contributed by atoms with Crippen LogP contribution in [0.4, 0.5) is 0 Å². The van der Waals surface area contributed by atoms with Gasteiger partial charge in [0.1, 0.15) is 0 Å². The van der Waals surface area contributed by atoms with Crippen LogP contribution in [0.3, 0.4) is 0 Å². The fourth-order valence-corrected chi connectivity index (χ4v) is 2.97. The van der Waals surface area contributed by atoms with E-state index in [0.717, 1.165) is 5.56 Å². The first-order valence-electron chi connectivity index (χ1n) is 5.35. The summed E-state index contributed by atoms with van der Waals surface area (Å²) in [6.07, 6.45) is 0.422. The van der Waals surface area contributed by atoms with Crippen LogP contribution in [0.2, 0.25) is 0 Å². The molecule has 0 N–H and O–H groups in total. The summed E-state index contributed by atoms with van der Waals surface area (Å²) >= 11 is 0. The number of hydrogen-bond acceptors (Lipinski definition) is 2. The van der Waals surface area contributed by atoms with Crippen molar-refractivity contribution >= 4 is 17.9 Å². The van der Waals surface area contributed by atoms with Crippen LogP contribution >= 0.6 is 0 Å². The summed E-state index contributed by atoms with van der Waals surface area (Å²) in [5, 5.41) is 0. The molecule has 0 fully saturated rings. The molecular formula is C11H16BNO2S. The largest absolute Gasteiger partial charge is 0.243 e. The van der Waals surface area contributed by atoms with Gasteiger partial charge in [-0.2, -0.15) is 4.31 Å². The molecule has 1 rings (SSSR count). The molecule has 1 aromatic rings. The van der Waals surface area contributed by atoms with Gasteiger partial charge in [0.15, 0.2) is 0 Å². The molecule has 0 saturated heterocycles. The van der Waals surface area contributed by atoms with Crippen LogP contribution in [0.25, 0.3) is 0 Å². The maximum absolute atomic E-state index is 12.1. The normalized spacial score (nSPS) is 11.9. The van der Waals surface area contributed by atoms with Gasteiger partial charge in [0.25, 0.3) is 0 Å². The van der Waals surface area contributed by atoms with Gasteiger partial charge in [0.2, 0.25) is 10.0 Å². The van der Waals surface area contributed by atoms with Crippen LogP contribution in [-0.4, -0.2) is 33.7 Å². The monoisotopic (exact) mass is 237 g/mol. The second kappa shape index (κ2) is 5.50. The molecule has 0 saturated carbocycles. The zero-order valence-corrected chi connectivity index (χ0v) is 10.5. The van der Waals surface area contributed by atoms with Crippen molar-refractivity contribution in [3.05, 3.63) is 29.8 Å². The van der Waals surface area contributed by atoms with Gasteiger partial charge < -0.3 is 0 Å². The van der Waals surface area contributed by atoms with Gasteiger partial charge in [-0.05, 0) is 12.1 Å². The molecule has 0 aliphatic heterocycles. The molecule has 0 unspecified atom stereocenters.